The molecule has 0 aliphatic rings. The molecule has 1 aromatic heterocycles. The van der Waals surface area contributed by atoms with Crippen molar-refractivity contribution in [3.05, 3.63) is 23.4 Å². The van der Waals surface area contributed by atoms with E-state index in [0.29, 0.717) is 12.6 Å². The quantitative estimate of drug-likeness (QED) is 0.855. The van der Waals surface area contributed by atoms with Gasteiger partial charge in [-0.15, -0.1) is 0 Å². The molecule has 0 radical (unpaired) electrons. The molecule has 0 spiro atoms. The first-order valence-electron chi connectivity index (χ1n) is 6.91. The number of aryl methyl sites for hydroxylation is 1. The van der Waals surface area contributed by atoms with E-state index in [9.17, 15) is 4.79 Å². The Morgan fingerprint density at radius 1 is 1.35 bits per heavy atom. The van der Waals surface area contributed by atoms with Crippen LogP contribution in [0.2, 0.25) is 0 Å². The van der Waals surface area contributed by atoms with Gasteiger partial charge in [0, 0.05) is 39.9 Å². The molecule has 1 aromatic rings. The summed E-state index contributed by atoms with van der Waals surface area (Å²) in [7, 11) is 5.41. The SMILES string of the molecule is Cc1cc(CNC(C)C)cnc1N(C)CC(=O)N(C)C. The van der Waals surface area contributed by atoms with Crippen LogP contribution in [0.1, 0.15) is 25.0 Å². The first-order valence-corrected chi connectivity index (χ1v) is 6.91. The van der Waals surface area contributed by atoms with E-state index >= 15 is 0 Å². The van der Waals surface area contributed by atoms with E-state index < -0.39 is 0 Å². The van der Waals surface area contributed by atoms with E-state index in [-0.39, 0.29) is 5.91 Å². The van der Waals surface area contributed by atoms with Crippen LogP contribution in [0.5, 0.6) is 0 Å². The van der Waals surface area contributed by atoms with E-state index in [0.717, 1.165) is 23.5 Å². The first-order chi connectivity index (χ1) is 9.31. The summed E-state index contributed by atoms with van der Waals surface area (Å²) in [6.45, 7) is 7.42. The van der Waals surface area contributed by atoms with Crippen molar-refractivity contribution in [2.45, 2.75) is 33.4 Å². The fourth-order valence-electron chi connectivity index (χ4n) is 1.86. The number of carbonyl (C=O) groups excluding carboxylic acids is 1. The predicted molar refractivity (Wildman–Crippen MR) is 82.9 cm³/mol. The minimum atomic E-state index is 0.0688. The molecule has 1 amide bonds. The molecule has 0 fully saturated rings. The Morgan fingerprint density at radius 2 is 2.00 bits per heavy atom. The topological polar surface area (TPSA) is 48.5 Å². The number of anilines is 1. The highest BCUT2D eigenvalue weighted by molar-refractivity contribution is 5.80. The third kappa shape index (κ3) is 4.81. The molecule has 0 atom stereocenters. The molecule has 1 heterocycles. The molecule has 0 bridgehead atoms. The van der Waals surface area contributed by atoms with Crippen LogP contribution in [0.25, 0.3) is 0 Å². The molecular formula is C15H26N4O. The lowest BCUT2D eigenvalue weighted by molar-refractivity contribution is -0.127. The Balaban J connectivity index is 2.74. The van der Waals surface area contributed by atoms with Crippen molar-refractivity contribution in [1.29, 1.82) is 0 Å². The molecule has 0 unspecified atom stereocenters. The second-order valence-corrected chi connectivity index (χ2v) is 5.66. The molecular weight excluding hydrogens is 252 g/mol. The van der Waals surface area contributed by atoms with Gasteiger partial charge in [-0.25, -0.2) is 4.98 Å². The van der Waals surface area contributed by atoms with Crippen molar-refractivity contribution in [2.75, 3.05) is 32.6 Å². The van der Waals surface area contributed by atoms with Crippen molar-refractivity contribution in [3.63, 3.8) is 0 Å². The van der Waals surface area contributed by atoms with Crippen LogP contribution in [0, 0.1) is 6.92 Å². The Bertz CT molecular complexity index is 457. The van der Waals surface area contributed by atoms with Gasteiger partial charge in [-0.2, -0.15) is 0 Å². The second kappa shape index (κ2) is 7.24. The number of likely N-dealkylation sites (N-methyl/N-ethyl adjacent to an activating group) is 2. The van der Waals surface area contributed by atoms with Gasteiger partial charge in [0.2, 0.25) is 5.91 Å². The van der Waals surface area contributed by atoms with Crippen LogP contribution in [0.4, 0.5) is 5.82 Å². The Hall–Kier alpha value is -1.62. The fraction of sp³-hybridized carbons (Fsp3) is 0.600. The van der Waals surface area contributed by atoms with Gasteiger partial charge in [0.25, 0.3) is 0 Å². The average molecular weight is 278 g/mol. The highest BCUT2D eigenvalue weighted by atomic mass is 16.2. The van der Waals surface area contributed by atoms with E-state index in [4.69, 9.17) is 0 Å². The zero-order chi connectivity index (χ0) is 15.3. The number of hydrogen-bond acceptors (Lipinski definition) is 4. The van der Waals surface area contributed by atoms with E-state index in [1.165, 1.54) is 0 Å². The molecule has 0 aromatic carbocycles. The maximum absolute atomic E-state index is 11.7. The number of aromatic nitrogens is 1. The third-order valence-corrected chi connectivity index (χ3v) is 3.05. The van der Waals surface area contributed by atoms with Gasteiger partial charge in [0.15, 0.2) is 0 Å². The standard InChI is InChI=1S/C15H26N4O/c1-11(2)16-8-13-7-12(3)15(17-9-13)19(6)10-14(20)18(4)5/h7,9,11,16H,8,10H2,1-6H3. The van der Waals surface area contributed by atoms with Crippen LogP contribution >= 0.6 is 0 Å². The zero-order valence-corrected chi connectivity index (χ0v) is 13.4. The molecule has 5 nitrogen and oxygen atoms in total. The number of rotatable bonds is 6. The van der Waals surface area contributed by atoms with E-state index in [1.807, 2.05) is 25.1 Å². The summed E-state index contributed by atoms with van der Waals surface area (Å²) < 4.78 is 0. The summed E-state index contributed by atoms with van der Waals surface area (Å²) in [5.74, 6) is 0.924. The van der Waals surface area contributed by atoms with Gasteiger partial charge >= 0.3 is 0 Å². The fourth-order valence-corrected chi connectivity index (χ4v) is 1.86. The first kappa shape index (κ1) is 16.4. The average Bonchev–Trinajstić information content (AvgIpc) is 2.35. The minimum Gasteiger partial charge on any atom is -0.350 e. The maximum atomic E-state index is 11.7. The van der Waals surface area contributed by atoms with Crippen LogP contribution in [-0.2, 0) is 11.3 Å². The van der Waals surface area contributed by atoms with Crippen LogP contribution in [0.3, 0.4) is 0 Å². The third-order valence-electron chi connectivity index (χ3n) is 3.05. The van der Waals surface area contributed by atoms with Crippen molar-refractivity contribution >= 4 is 11.7 Å². The second-order valence-electron chi connectivity index (χ2n) is 5.66. The number of nitrogens with one attached hydrogen (secondary N) is 1. The molecule has 5 heteroatoms. The Kier molecular flexibility index (Phi) is 5.95. The molecule has 0 saturated heterocycles. The van der Waals surface area contributed by atoms with Gasteiger partial charge in [-0.1, -0.05) is 13.8 Å². The monoisotopic (exact) mass is 278 g/mol. The van der Waals surface area contributed by atoms with Gasteiger partial charge in [0.05, 0.1) is 6.54 Å². The summed E-state index contributed by atoms with van der Waals surface area (Å²) in [5.41, 5.74) is 2.24. The van der Waals surface area contributed by atoms with E-state index in [1.54, 1.807) is 19.0 Å². The molecule has 20 heavy (non-hydrogen) atoms. The lowest BCUT2D eigenvalue weighted by Crippen LogP contribution is -2.35. The Labute approximate surface area is 122 Å². The minimum absolute atomic E-state index is 0.0688. The van der Waals surface area contributed by atoms with Gasteiger partial charge in [-0.3, -0.25) is 4.79 Å². The number of hydrogen-bond donors (Lipinski definition) is 1. The summed E-state index contributed by atoms with van der Waals surface area (Å²) in [5, 5.41) is 3.37. The number of carbonyl (C=O) groups is 1. The van der Waals surface area contributed by atoms with Gasteiger partial charge in [-0.05, 0) is 24.1 Å². The maximum Gasteiger partial charge on any atom is 0.241 e. The zero-order valence-electron chi connectivity index (χ0n) is 13.4. The van der Waals surface area contributed by atoms with Gasteiger partial charge in [0.1, 0.15) is 5.82 Å². The number of pyridine rings is 1. The van der Waals surface area contributed by atoms with Crippen molar-refractivity contribution < 1.29 is 4.79 Å². The predicted octanol–water partition coefficient (Wildman–Crippen LogP) is 1.41. The van der Waals surface area contributed by atoms with Crippen LogP contribution in [0.15, 0.2) is 12.3 Å². The highest BCUT2D eigenvalue weighted by Crippen LogP contribution is 2.16. The van der Waals surface area contributed by atoms with Gasteiger partial charge < -0.3 is 15.1 Å². The van der Waals surface area contributed by atoms with E-state index in [2.05, 4.69) is 30.2 Å². The lowest BCUT2D eigenvalue weighted by atomic mass is 10.2. The number of nitrogens with zero attached hydrogens (tertiary/aromatic N) is 3. The molecule has 0 aliphatic carbocycles. The summed E-state index contributed by atoms with van der Waals surface area (Å²) in [6.07, 6.45) is 1.87. The largest absolute Gasteiger partial charge is 0.350 e. The van der Waals surface area contributed by atoms with Crippen LogP contribution in [-0.4, -0.2) is 49.5 Å². The summed E-state index contributed by atoms with van der Waals surface area (Å²) >= 11 is 0. The molecule has 1 rings (SSSR count). The summed E-state index contributed by atoms with van der Waals surface area (Å²) in [4.78, 5) is 19.7. The normalized spacial score (nSPS) is 10.8. The van der Waals surface area contributed by atoms with Crippen molar-refractivity contribution in [1.82, 2.24) is 15.2 Å². The van der Waals surface area contributed by atoms with Crippen molar-refractivity contribution in [2.24, 2.45) is 0 Å². The molecule has 1 N–H and O–H groups in total. The molecule has 0 saturated carbocycles. The van der Waals surface area contributed by atoms with Crippen LogP contribution < -0.4 is 10.2 Å². The number of amides is 1. The smallest absolute Gasteiger partial charge is 0.241 e. The van der Waals surface area contributed by atoms with Crippen molar-refractivity contribution in [3.8, 4) is 0 Å². The molecule has 0 aliphatic heterocycles. The Morgan fingerprint density at radius 3 is 2.50 bits per heavy atom. The summed E-state index contributed by atoms with van der Waals surface area (Å²) in [6, 6.07) is 2.57. The highest BCUT2D eigenvalue weighted by Gasteiger charge is 2.12. The lowest BCUT2D eigenvalue weighted by Gasteiger charge is -2.22. The molecule has 112 valence electrons.